The Bertz CT molecular complexity index is 511. The van der Waals surface area contributed by atoms with Crippen LogP contribution in [0.3, 0.4) is 0 Å². The highest BCUT2D eigenvalue weighted by Crippen LogP contribution is 2.30. The van der Waals surface area contributed by atoms with E-state index in [-0.39, 0.29) is 30.5 Å². The lowest BCUT2D eigenvalue weighted by Gasteiger charge is -2.30. The van der Waals surface area contributed by atoms with Crippen molar-refractivity contribution in [2.45, 2.75) is 64.4 Å². The Balaban J connectivity index is 2.00. The lowest BCUT2D eigenvalue weighted by atomic mass is 9.92. The molecule has 0 unspecified atom stereocenters. The van der Waals surface area contributed by atoms with Gasteiger partial charge in [0.15, 0.2) is 0 Å². The molecule has 1 fully saturated rings. The number of nitro groups is 1. The molecule has 0 spiro atoms. The summed E-state index contributed by atoms with van der Waals surface area (Å²) in [6.07, 6.45) is 4.30. The lowest BCUT2D eigenvalue weighted by Crippen LogP contribution is -2.31. The number of nitrogens with one attached hydrogen (secondary N) is 1. The third-order valence-corrected chi connectivity index (χ3v) is 3.94. The molecule has 0 radical (unpaired) electrons. The predicted molar refractivity (Wildman–Crippen MR) is 84.9 cm³/mol. The van der Waals surface area contributed by atoms with Crippen LogP contribution in [0.1, 0.15) is 45.1 Å². The smallest absolute Gasteiger partial charge is 0.292 e. The van der Waals surface area contributed by atoms with E-state index in [2.05, 4.69) is 5.32 Å². The van der Waals surface area contributed by atoms with Crippen molar-refractivity contribution in [3.8, 4) is 0 Å². The average molecular weight is 308 g/mol. The van der Waals surface area contributed by atoms with Crippen LogP contribution >= 0.6 is 0 Å². The fourth-order valence-electron chi connectivity index (χ4n) is 2.90. The fourth-order valence-corrected chi connectivity index (χ4v) is 2.90. The zero-order chi connectivity index (χ0) is 16.1. The molecule has 1 aromatic carbocycles. The Morgan fingerprint density at radius 3 is 2.59 bits per heavy atom. The third kappa shape index (κ3) is 4.42. The van der Waals surface area contributed by atoms with Crippen LogP contribution in [0.15, 0.2) is 18.2 Å². The Morgan fingerprint density at radius 1 is 1.36 bits per heavy atom. The van der Waals surface area contributed by atoms with Gasteiger partial charge < -0.3 is 15.2 Å². The van der Waals surface area contributed by atoms with E-state index in [1.807, 2.05) is 13.8 Å². The van der Waals surface area contributed by atoms with Crippen molar-refractivity contribution in [2.24, 2.45) is 0 Å². The molecular weight excluding hydrogens is 284 g/mol. The Hall–Kier alpha value is -1.66. The second-order valence-electron chi connectivity index (χ2n) is 6.07. The number of benzene rings is 1. The molecule has 2 rings (SSSR count). The maximum Gasteiger partial charge on any atom is 0.292 e. The number of ether oxygens (including phenoxy) is 1. The number of hydrogen-bond acceptors (Lipinski definition) is 5. The normalized spacial score (nSPS) is 21.8. The maximum absolute atomic E-state index is 11.1. The number of aliphatic hydroxyl groups excluding tert-OH is 1. The van der Waals surface area contributed by atoms with Gasteiger partial charge in [-0.1, -0.05) is 0 Å². The lowest BCUT2D eigenvalue weighted by molar-refractivity contribution is -0.384. The van der Waals surface area contributed by atoms with Crippen molar-refractivity contribution in [3.63, 3.8) is 0 Å². The van der Waals surface area contributed by atoms with Crippen LogP contribution in [-0.2, 0) is 11.3 Å². The first kappa shape index (κ1) is 16.7. The van der Waals surface area contributed by atoms with Gasteiger partial charge >= 0.3 is 0 Å². The van der Waals surface area contributed by atoms with Gasteiger partial charge in [0.1, 0.15) is 5.69 Å². The van der Waals surface area contributed by atoms with Crippen molar-refractivity contribution >= 4 is 11.4 Å². The molecule has 122 valence electrons. The highest BCUT2D eigenvalue weighted by atomic mass is 16.6. The first-order chi connectivity index (χ1) is 10.5. The first-order valence-corrected chi connectivity index (χ1v) is 7.79. The molecule has 6 nitrogen and oxygen atoms in total. The highest BCUT2D eigenvalue weighted by molar-refractivity contribution is 5.63. The van der Waals surface area contributed by atoms with E-state index in [4.69, 9.17) is 4.74 Å². The maximum atomic E-state index is 11.1. The van der Waals surface area contributed by atoms with Gasteiger partial charge in [-0.2, -0.15) is 0 Å². The van der Waals surface area contributed by atoms with Crippen LogP contribution in [0.25, 0.3) is 0 Å². The van der Waals surface area contributed by atoms with Gasteiger partial charge in [0.25, 0.3) is 5.69 Å². The topological polar surface area (TPSA) is 84.6 Å². The SMILES string of the molecule is CC(C)OC1CCC(Nc2cc(CO)ccc2[N+](=O)[O-])CC1. The molecule has 1 aromatic rings. The Morgan fingerprint density at radius 2 is 2.05 bits per heavy atom. The van der Waals surface area contributed by atoms with Crippen molar-refractivity contribution in [1.29, 1.82) is 0 Å². The molecule has 0 heterocycles. The zero-order valence-corrected chi connectivity index (χ0v) is 13.1. The molecule has 1 aliphatic carbocycles. The molecule has 1 saturated carbocycles. The van der Waals surface area contributed by atoms with E-state index in [0.29, 0.717) is 11.3 Å². The van der Waals surface area contributed by atoms with Crippen LogP contribution in [0.2, 0.25) is 0 Å². The average Bonchev–Trinajstić information content (AvgIpc) is 2.48. The number of nitro benzene ring substituents is 1. The molecule has 0 atom stereocenters. The molecule has 0 aliphatic heterocycles. The molecule has 6 heteroatoms. The summed E-state index contributed by atoms with van der Waals surface area (Å²) in [4.78, 5) is 10.7. The van der Waals surface area contributed by atoms with Gasteiger partial charge in [0.05, 0.1) is 23.7 Å². The highest BCUT2D eigenvalue weighted by Gasteiger charge is 2.24. The molecular formula is C16H24N2O4. The Kier molecular flexibility index (Phi) is 5.74. The first-order valence-electron chi connectivity index (χ1n) is 7.79. The summed E-state index contributed by atoms with van der Waals surface area (Å²) in [6.45, 7) is 3.95. The number of nitrogens with zero attached hydrogens (tertiary/aromatic N) is 1. The predicted octanol–water partition coefficient (Wildman–Crippen LogP) is 3.24. The van der Waals surface area contributed by atoms with E-state index in [9.17, 15) is 15.2 Å². The summed E-state index contributed by atoms with van der Waals surface area (Å²) < 4.78 is 5.82. The van der Waals surface area contributed by atoms with E-state index >= 15 is 0 Å². The largest absolute Gasteiger partial charge is 0.392 e. The Labute approximate surface area is 130 Å². The van der Waals surface area contributed by atoms with Gasteiger partial charge in [-0.25, -0.2) is 0 Å². The van der Waals surface area contributed by atoms with E-state index in [1.54, 1.807) is 12.1 Å². The fraction of sp³-hybridized carbons (Fsp3) is 0.625. The minimum atomic E-state index is -0.392. The molecule has 1 aliphatic rings. The summed E-state index contributed by atoms with van der Waals surface area (Å²) in [5.41, 5.74) is 1.22. The summed E-state index contributed by atoms with van der Waals surface area (Å²) in [5.74, 6) is 0. The summed E-state index contributed by atoms with van der Waals surface area (Å²) in [7, 11) is 0. The monoisotopic (exact) mass is 308 g/mol. The second kappa shape index (κ2) is 7.56. The molecule has 0 amide bonds. The third-order valence-electron chi connectivity index (χ3n) is 3.94. The van der Waals surface area contributed by atoms with Crippen molar-refractivity contribution < 1.29 is 14.8 Å². The van der Waals surface area contributed by atoms with Crippen LogP contribution in [-0.4, -0.2) is 28.3 Å². The van der Waals surface area contributed by atoms with Gasteiger partial charge in [0.2, 0.25) is 0 Å². The van der Waals surface area contributed by atoms with Gasteiger partial charge in [-0.05, 0) is 57.2 Å². The summed E-state index contributed by atoms with van der Waals surface area (Å²) in [6, 6.07) is 4.90. The zero-order valence-electron chi connectivity index (χ0n) is 13.1. The van der Waals surface area contributed by atoms with E-state index < -0.39 is 4.92 Å². The minimum absolute atomic E-state index is 0.0535. The molecule has 0 aromatic heterocycles. The molecule has 0 bridgehead atoms. The van der Waals surface area contributed by atoms with Crippen molar-refractivity contribution in [2.75, 3.05) is 5.32 Å². The summed E-state index contributed by atoms with van der Waals surface area (Å²) in [5, 5.41) is 23.6. The number of anilines is 1. The second-order valence-corrected chi connectivity index (χ2v) is 6.07. The van der Waals surface area contributed by atoms with Crippen LogP contribution < -0.4 is 5.32 Å². The van der Waals surface area contributed by atoms with Gasteiger partial charge in [-0.15, -0.1) is 0 Å². The van der Waals surface area contributed by atoms with Crippen molar-refractivity contribution in [3.05, 3.63) is 33.9 Å². The number of rotatable bonds is 6. The van der Waals surface area contributed by atoms with Crippen molar-refractivity contribution in [1.82, 2.24) is 0 Å². The molecule has 0 saturated heterocycles. The van der Waals surface area contributed by atoms with Gasteiger partial charge in [0, 0.05) is 12.1 Å². The van der Waals surface area contributed by atoms with Crippen LogP contribution in [0, 0.1) is 10.1 Å². The van der Waals surface area contributed by atoms with Crippen LogP contribution in [0.4, 0.5) is 11.4 Å². The standard InChI is InChI=1S/C16H24N2O4/c1-11(2)22-14-6-4-13(5-7-14)17-15-9-12(10-19)3-8-16(15)18(20)21/h3,8-9,11,13-14,17,19H,4-7,10H2,1-2H3. The quantitative estimate of drug-likeness (QED) is 0.622. The minimum Gasteiger partial charge on any atom is -0.392 e. The van der Waals surface area contributed by atoms with Gasteiger partial charge in [-0.3, -0.25) is 10.1 Å². The number of aliphatic hydroxyl groups is 1. The van der Waals surface area contributed by atoms with E-state index in [1.165, 1.54) is 6.07 Å². The summed E-state index contributed by atoms with van der Waals surface area (Å²) >= 11 is 0. The molecule has 2 N–H and O–H groups in total. The number of hydrogen-bond donors (Lipinski definition) is 2. The van der Waals surface area contributed by atoms with E-state index in [0.717, 1.165) is 25.7 Å². The van der Waals surface area contributed by atoms with Crippen LogP contribution in [0.5, 0.6) is 0 Å². The molecule has 22 heavy (non-hydrogen) atoms.